The standard InChI is InChI=1S/C25H25N5O3S/c1-25(2,3)30-22-20(14-26-30)23(32)29-17(15-34-24(29)28-22)13-21(31)27-16-9-11-19(12-10-16)33-18-7-5-4-6-8-18/h4-12,14,17H,13,15H2,1-3H3,(H,27,31). The number of rotatable bonds is 5. The molecule has 0 spiro atoms. The topological polar surface area (TPSA) is 91.0 Å². The Bertz CT molecular complexity index is 1410. The third kappa shape index (κ3) is 4.31. The number of amides is 1. The third-order valence-corrected chi connectivity index (χ3v) is 6.64. The predicted octanol–water partition coefficient (Wildman–Crippen LogP) is 4.82. The lowest BCUT2D eigenvalue weighted by atomic mass is 10.1. The zero-order valence-corrected chi connectivity index (χ0v) is 20.0. The average molecular weight is 476 g/mol. The molecule has 1 unspecified atom stereocenters. The Morgan fingerprint density at radius 3 is 2.53 bits per heavy atom. The van der Waals surface area contributed by atoms with Crippen molar-refractivity contribution in [2.45, 2.75) is 43.9 Å². The molecule has 1 atom stereocenters. The molecule has 174 valence electrons. The van der Waals surface area contributed by atoms with Gasteiger partial charge in [0.2, 0.25) is 5.91 Å². The zero-order chi connectivity index (χ0) is 23.9. The summed E-state index contributed by atoms with van der Waals surface area (Å²) in [5.41, 5.74) is 0.813. The number of aromatic nitrogens is 4. The molecule has 1 aliphatic heterocycles. The zero-order valence-electron chi connectivity index (χ0n) is 19.2. The minimum Gasteiger partial charge on any atom is -0.457 e. The second-order valence-corrected chi connectivity index (χ2v) is 10.2. The lowest BCUT2D eigenvalue weighted by molar-refractivity contribution is -0.116. The molecule has 8 nitrogen and oxygen atoms in total. The van der Waals surface area contributed by atoms with E-state index in [1.165, 1.54) is 11.8 Å². The molecule has 9 heteroatoms. The first-order valence-electron chi connectivity index (χ1n) is 11.1. The van der Waals surface area contributed by atoms with Crippen molar-refractivity contribution in [2.24, 2.45) is 0 Å². The SMILES string of the molecule is CC(C)(C)n1ncc2c(=O)n3c(nc21)SCC3CC(=O)Nc1ccc(Oc2ccccc2)cc1. The van der Waals surface area contributed by atoms with Gasteiger partial charge in [0.1, 0.15) is 16.9 Å². The Balaban J connectivity index is 1.29. The van der Waals surface area contributed by atoms with Crippen molar-refractivity contribution in [2.75, 3.05) is 11.1 Å². The van der Waals surface area contributed by atoms with Crippen LogP contribution in [0.15, 0.2) is 70.7 Å². The Morgan fingerprint density at radius 1 is 1.12 bits per heavy atom. The van der Waals surface area contributed by atoms with Gasteiger partial charge in [0.25, 0.3) is 5.56 Å². The number of carbonyl (C=O) groups is 1. The minimum atomic E-state index is -0.287. The van der Waals surface area contributed by atoms with Crippen LogP contribution in [0.2, 0.25) is 0 Å². The maximum Gasteiger partial charge on any atom is 0.265 e. The largest absolute Gasteiger partial charge is 0.457 e. The number of para-hydroxylation sites is 1. The Hall–Kier alpha value is -3.59. The average Bonchev–Trinajstić information content (AvgIpc) is 3.41. The van der Waals surface area contributed by atoms with Crippen LogP contribution in [0.1, 0.15) is 33.2 Å². The number of fused-ring (bicyclic) bond motifs is 2. The van der Waals surface area contributed by atoms with Crippen molar-refractivity contribution < 1.29 is 9.53 Å². The lowest BCUT2D eigenvalue weighted by Crippen LogP contribution is -2.29. The van der Waals surface area contributed by atoms with Gasteiger partial charge in [0, 0.05) is 17.9 Å². The van der Waals surface area contributed by atoms with Crippen molar-refractivity contribution in [1.29, 1.82) is 0 Å². The smallest absolute Gasteiger partial charge is 0.265 e. The first-order chi connectivity index (χ1) is 16.3. The van der Waals surface area contributed by atoms with E-state index in [2.05, 4.69) is 10.4 Å². The molecule has 0 saturated carbocycles. The molecule has 1 N–H and O–H groups in total. The van der Waals surface area contributed by atoms with Crippen molar-refractivity contribution in [3.8, 4) is 11.5 Å². The van der Waals surface area contributed by atoms with Crippen LogP contribution in [-0.4, -0.2) is 31.0 Å². The Kier molecular flexibility index (Phi) is 5.65. The molecule has 0 bridgehead atoms. The van der Waals surface area contributed by atoms with E-state index in [9.17, 15) is 9.59 Å². The highest BCUT2D eigenvalue weighted by Gasteiger charge is 2.30. The van der Waals surface area contributed by atoms with E-state index in [1.807, 2.05) is 51.1 Å². The van der Waals surface area contributed by atoms with Gasteiger partial charge in [-0.2, -0.15) is 5.10 Å². The number of ether oxygens (including phenoxy) is 1. The van der Waals surface area contributed by atoms with Gasteiger partial charge in [-0.3, -0.25) is 14.2 Å². The molecule has 3 heterocycles. The minimum absolute atomic E-state index is 0.152. The molecular formula is C25H25N5O3S. The highest BCUT2D eigenvalue weighted by molar-refractivity contribution is 7.99. The molecule has 2 aromatic carbocycles. The molecule has 5 rings (SSSR count). The van der Waals surface area contributed by atoms with Crippen LogP contribution in [0.5, 0.6) is 11.5 Å². The van der Waals surface area contributed by atoms with E-state index in [0.717, 1.165) is 5.75 Å². The summed E-state index contributed by atoms with van der Waals surface area (Å²) in [6.45, 7) is 6.06. The summed E-state index contributed by atoms with van der Waals surface area (Å²) in [5, 5.41) is 8.40. The number of benzene rings is 2. The van der Waals surface area contributed by atoms with Gasteiger partial charge >= 0.3 is 0 Å². The van der Waals surface area contributed by atoms with E-state index < -0.39 is 0 Å². The molecule has 2 aromatic heterocycles. The molecule has 0 fully saturated rings. The molecule has 0 aliphatic carbocycles. The molecule has 4 aromatic rings. The van der Waals surface area contributed by atoms with E-state index in [4.69, 9.17) is 9.72 Å². The summed E-state index contributed by atoms with van der Waals surface area (Å²) in [5.74, 6) is 1.89. The van der Waals surface area contributed by atoms with Crippen molar-refractivity contribution >= 4 is 34.4 Å². The van der Waals surface area contributed by atoms with E-state index in [1.54, 1.807) is 39.7 Å². The number of hydrogen-bond donors (Lipinski definition) is 1. The summed E-state index contributed by atoms with van der Waals surface area (Å²) >= 11 is 1.49. The van der Waals surface area contributed by atoms with E-state index >= 15 is 0 Å². The fourth-order valence-corrected chi connectivity index (χ4v) is 5.06. The summed E-state index contributed by atoms with van der Waals surface area (Å²) in [6.07, 6.45) is 1.76. The number of anilines is 1. The van der Waals surface area contributed by atoms with Crippen LogP contribution in [0.3, 0.4) is 0 Å². The van der Waals surface area contributed by atoms with Crippen LogP contribution in [0, 0.1) is 0 Å². The van der Waals surface area contributed by atoms with Gasteiger partial charge in [-0.25, -0.2) is 9.67 Å². The summed E-state index contributed by atoms with van der Waals surface area (Å²) in [7, 11) is 0. The Morgan fingerprint density at radius 2 is 1.82 bits per heavy atom. The fraction of sp³-hybridized carbons (Fsp3) is 0.280. The van der Waals surface area contributed by atoms with Crippen molar-refractivity contribution in [3.63, 3.8) is 0 Å². The van der Waals surface area contributed by atoms with Crippen LogP contribution < -0.4 is 15.6 Å². The van der Waals surface area contributed by atoms with Gasteiger partial charge in [0.05, 0.1) is 17.8 Å². The van der Waals surface area contributed by atoms with Gasteiger partial charge in [0.15, 0.2) is 10.8 Å². The van der Waals surface area contributed by atoms with E-state index in [0.29, 0.717) is 33.4 Å². The van der Waals surface area contributed by atoms with Crippen LogP contribution in [0.25, 0.3) is 11.0 Å². The second-order valence-electron chi connectivity index (χ2n) is 9.19. The number of thioether (sulfide) groups is 1. The summed E-state index contributed by atoms with van der Waals surface area (Å²) in [6, 6.07) is 16.5. The number of hydrogen-bond acceptors (Lipinski definition) is 6. The van der Waals surface area contributed by atoms with E-state index in [-0.39, 0.29) is 29.5 Å². The third-order valence-electron chi connectivity index (χ3n) is 5.54. The normalized spacial score (nSPS) is 15.3. The second kappa shape index (κ2) is 8.64. The quantitative estimate of drug-likeness (QED) is 0.416. The lowest BCUT2D eigenvalue weighted by Gasteiger charge is -2.20. The maximum atomic E-state index is 13.2. The van der Waals surface area contributed by atoms with Crippen LogP contribution in [0.4, 0.5) is 5.69 Å². The van der Waals surface area contributed by atoms with Gasteiger partial charge in [-0.1, -0.05) is 30.0 Å². The van der Waals surface area contributed by atoms with Gasteiger partial charge in [-0.05, 0) is 57.2 Å². The molecule has 1 aliphatic rings. The fourth-order valence-electron chi connectivity index (χ4n) is 3.93. The van der Waals surface area contributed by atoms with Crippen LogP contribution >= 0.6 is 11.8 Å². The highest BCUT2D eigenvalue weighted by Crippen LogP contribution is 2.34. The number of carbonyl (C=O) groups excluding carboxylic acids is 1. The molecule has 0 saturated heterocycles. The summed E-state index contributed by atoms with van der Waals surface area (Å²) in [4.78, 5) is 30.7. The molecule has 34 heavy (non-hydrogen) atoms. The van der Waals surface area contributed by atoms with Crippen LogP contribution in [-0.2, 0) is 10.3 Å². The summed E-state index contributed by atoms with van der Waals surface area (Å²) < 4.78 is 9.20. The molecule has 0 radical (unpaired) electrons. The van der Waals surface area contributed by atoms with Gasteiger partial charge in [-0.15, -0.1) is 0 Å². The first-order valence-corrected chi connectivity index (χ1v) is 12.0. The predicted molar refractivity (Wildman–Crippen MR) is 133 cm³/mol. The maximum absolute atomic E-state index is 13.2. The molecular weight excluding hydrogens is 450 g/mol. The first kappa shape index (κ1) is 22.2. The number of nitrogens with one attached hydrogen (secondary N) is 1. The Labute approximate surface area is 201 Å². The van der Waals surface area contributed by atoms with Crippen molar-refractivity contribution in [3.05, 3.63) is 71.1 Å². The monoisotopic (exact) mass is 475 g/mol. The highest BCUT2D eigenvalue weighted by atomic mass is 32.2. The van der Waals surface area contributed by atoms with Gasteiger partial charge < -0.3 is 10.1 Å². The molecule has 1 amide bonds. The number of nitrogens with zero attached hydrogens (tertiary/aromatic N) is 4. The van der Waals surface area contributed by atoms with Crippen molar-refractivity contribution in [1.82, 2.24) is 19.3 Å².